The monoisotopic (exact) mass is 536 g/mol. The SMILES string of the molecule is CC.CCC.CNC(=O)CN1CCOC(c2ccc3c(N)ncnn23)C1.Cc1cnn(Cc2ccccc2)c1. The molecule has 1 unspecified atom stereocenters. The quantitative estimate of drug-likeness (QED) is 0.394. The van der Waals surface area contributed by atoms with Gasteiger partial charge in [0.2, 0.25) is 5.91 Å². The summed E-state index contributed by atoms with van der Waals surface area (Å²) in [6.07, 6.45) is 6.47. The molecule has 0 bridgehead atoms. The highest BCUT2D eigenvalue weighted by atomic mass is 16.5. The van der Waals surface area contributed by atoms with Crippen molar-refractivity contribution in [3.05, 3.63) is 78.0 Å². The van der Waals surface area contributed by atoms with Gasteiger partial charge in [0, 0.05) is 26.3 Å². The van der Waals surface area contributed by atoms with Gasteiger partial charge >= 0.3 is 0 Å². The summed E-state index contributed by atoms with van der Waals surface area (Å²) in [4.78, 5) is 17.5. The summed E-state index contributed by atoms with van der Waals surface area (Å²) in [5.41, 5.74) is 10.0. The Labute approximate surface area is 232 Å². The molecule has 1 atom stereocenters. The zero-order valence-corrected chi connectivity index (χ0v) is 24.2. The van der Waals surface area contributed by atoms with E-state index in [9.17, 15) is 4.79 Å². The van der Waals surface area contributed by atoms with Gasteiger partial charge in [0.05, 0.1) is 31.6 Å². The third-order valence-electron chi connectivity index (χ3n) is 5.59. The van der Waals surface area contributed by atoms with Gasteiger partial charge in [-0.2, -0.15) is 10.2 Å². The van der Waals surface area contributed by atoms with E-state index in [1.807, 2.05) is 61.3 Å². The first-order chi connectivity index (χ1) is 18.9. The number of carbonyl (C=O) groups excluding carboxylic acids is 1. The van der Waals surface area contributed by atoms with Crippen LogP contribution in [-0.4, -0.2) is 68.5 Å². The van der Waals surface area contributed by atoms with Crippen molar-refractivity contribution >= 4 is 17.2 Å². The van der Waals surface area contributed by atoms with Crippen molar-refractivity contribution < 1.29 is 9.53 Å². The van der Waals surface area contributed by atoms with Crippen molar-refractivity contribution in [2.24, 2.45) is 0 Å². The summed E-state index contributed by atoms with van der Waals surface area (Å²) < 4.78 is 9.52. The molecule has 0 aliphatic carbocycles. The van der Waals surface area contributed by atoms with E-state index in [1.54, 1.807) is 11.6 Å². The molecular weight excluding hydrogens is 492 g/mol. The van der Waals surface area contributed by atoms with E-state index in [0.717, 1.165) is 24.3 Å². The number of nitrogens with two attached hydrogens (primary N) is 1. The molecule has 0 radical (unpaired) electrons. The van der Waals surface area contributed by atoms with E-state index < -0.39 is 0 Å². The molecule has 1 saturated heterocycles. The maximum absolute atomic E-state index is 11.5. The second-order valence-electron chi connectivity index (χ2n) is 8.88. The lowest BCUT2D eigenvalue weighted by Gasteiger charge is -2.32. The standard InChI is InChI=1S/C13H18N6O2.C11H12N2.C3H8.C2H6/c1-15-12(20)7-18-4-5-21-11(6-18)9-2-3-10-13(14)16-8-17-19(9)10;1-10-7-12-13(8-10)9-11-5-3-2-4-6-11;1-3-2;1-2/h2-3,8,11H,4-7H2,1H3,(H,15,20)(H2,14,16,17);2-8H,9H2,1H3;3H2,1-2H3;1-2H3. The van der Waals surface area contributed by atoms with Gasteiger partial charge in [-0.3, -0.25) is 14.4 Å². The van der Waals surface area contributed by atoms with E-state index in [0.29, 0.717) is 25.5 Å². The number of carbonyl (C=O) groups is 1. The number of hydrogen-bond donors (Lipinski definition) is 2. The molecular formula is C29H44N8O2. The predicted octanol–water partition coefficient (Wildman–Crippen LogP) is 4.11. The molecule has 10 nitrogen and oxygen atoms in total. The number of anilines is 1. The molecule has 1 aromatic carbocycles. The van der Waals surface area contributed by atoms with Gasteiger partial charge in [-0.1, -0.05) is 64.4 Å². The lowest BCUT2D eigenvalue weighted by atomic mass is 10.2. The second-order valence-corrected chi connectivity index (χ2v) is 8.88. The van der Waals surface area contributed by atoms with Crippen molar-refractivity contribution in [2.75, 3.05) is 39.0 Å². The Morgan fingerprint density at radius 2 is 1.85 bits per heavy atom. The average molecular weight is 537 g/mol. The van der Waals surface area contributed by atoms with Crippen LogP contribution in [0.3, 0.4) is 0 Å². The molecule has 1 amide bonds. The molecule has 4 heterocycles. The summed E-state index contributed by atoms with van der Waals surface area (Å²) in [5, 5.41) is 11.1. The Hall–Kier alpha value is -3.76. The Kier molecular flexibility index (Phi) is 13.7. The number of nitrogens with one attached hydrogen (secondary N) is 1. The largest absolute Gasteiger partial charge is 0.382 e. The minimum Gasteiger partial charge on any atom is -0.382 e. The van der Waals surface area contributed by atoms with Crippen molar-refractivity contribution in [1.82, 2.24) is 34.6 Å². The Balaban J connectivity index is 0.000000253. The number of amides is 1. The Morgan fingerprint density at radius 3 is 2.49 bits per heavy atom. The highest BCUT2D eigenvalue weighted by molar-refractivity contribution is 5.77. The zero-order chi connectivity index (χ0) is 28.6. The smallest absolute Gasteiger partial charge is 0.233 e. The molecule has 1 fully saturated rings. The van der Waals surface area contributed by atoms with Gasteiger partial charge in [-0.05, 0) is 30.2 Å². The number of nitrogens with zero attached hydrogens (tertiary/aromatic N) is 6. The maximum Gasteiger partial charge on any atom is 0.233 e. The van der Waals surface area contributed by atoms with Crippen LogP contribution in [0.25, 0.3) is 5.52 Å². The first-order valence-electron chi connectivity index (χ1n) is 13.6. The zero-order valence-electron chi connectivity index (χ0n) is 24.2. The van der Waals surface area contributed by atoms with Crippen molar-refractivity contribution in [3.63, 3.8) is 0 Å². The lowest BCUT2D eigenvalue weighted by molar-refractivity contribution is -0.124. The van der Waals surface area contributed by atoms with E-state index >= 15 is 0 Å². The molecule has 1 aliphatic rings. The fraction of sp³-hybridized carbons (Fsp3) is 0.448. The van der Waals surface area contributed by atoms with Crippen LogP contribution in [-0.2, 0) is 16.1 Å². The Morgan fingerprint density at radius 1 is 1.13 bits per heavy atom. The van der Waals surface area contributed by atoms with E-state index in [1.165, 1.54) is 23.9 Å². The first-order valence-corrected chi connectivity index (χ1v) is 13.6. The molecule has 3 N–H and O–H groups in total. The maximum atomic E-state index is 11.5. The average Bonchev–Trinajstić information content (AvgIpc) is 3.58. The summed E-state index contributed by atoms with van der Waals surface area (Å²) in [6, 6.07) is 14.2. The molecule has 1 aliphatic heterocycles. The molecule has 212 valence electrons. The normalized spacial score (nSPS) is 14.7. The number of aromatic nitrogens is 5. The van der Waals surface area contributed by atoms with Gasteiger partial charge in [0.15, 0.2) is 5.82 Å². The molecule has 5 rings (SSSR count). The van der Waals surface area contributed by atoms with E-state index in [4.69, 9.17) is 10.5 Å². The van der Waals surface area contributed by atoms with E-state index in [-0.39, 0.29) is 12.0 Å². The highest BCUT2D eigenvalue weighted by Gasteiger charge is 2.26. The Bertz CT molecular complexity index is 1240. The number of rotatable bonds is 5. The number of aryl methyl sites for hydroxylation is 1. The molecule has 39 heavy (non-hydrogen) atoms. The summed E-state index contributed by atoms with van der Waals surface area (Å²) in [5.74, 6) is 0.441. The van der Waals surface area contributed by atoms with Gasteiger partial charge in [-0.25, -0.2) is 9.50 Å². The molecule has 0 saturated carbocycles. The van der Waals surface area contributed by atoms with Crippen LogP contribution >= 0.6 is 0 Å². The predicted molar refractivity (Wildman–Crippen MR) is 156 cm³/mol. The third kappa shape index (κ3) is 9.81. The van der Waals surface area contributed by atoms with Crippen LogP contribution in [0, 0.1) is 6.92 Å². The van der Waals surface area contributed by atoms with Crippen molar-refractivity contribution in [1.29, 1.82) is 0 Å². The number of likely N-dealkylation sites (N-methyl/N-ethyl adjacent to an activating group) is 1. The minimum atomic E-state index is -0.139. The highest BCUT2D eigenvalue weighted by Crippen LogP contribution is 2.25. The molecule has 0 spiro atoms. The molecule has 10 heteroatoms. The van der Waals surface area contributed by atoms with Crippen LogP contribution in [0.15, 0.2) is 61.2 Å². The molecule has 4 aromatic rings. The number of hydrogen-bond acceptors (Lipinski definition) is 7. The van der Waals surface area contributed by atoms with Crippen molar-refractivity contribution in [2.45, 2.75) is 53.7 Å². The third-order valence-corrected chi connectivity index (χ3v) is 5.59. The van der Waals surface area contributed by atoms with Crippen LogP contribution in [0.4, 0.5) is 5.82 Å². The van der Waals surface area contributed by atoms with Gasteiger partial charge < -0.3 is 15.8 Å². The van der Waals surface area contributed by atoms with Crippen LogP contribution < -0.4 is 11.1 Å². The number of fused-ring (bicyclic) bond motifs is 1. The fourth-order valence-electron chi connectivity index (χ4n) is 3.85. The number of benzene rings is 1. The number of nitrogen functional groups attached to an aromatic ring is 1. The fourth-order valence-corrected chi connectivity index (χ4v) is 3.85. The first kappa shape index (κ1) is 31.5. The topological polar surface area (TPSA) is 116 Å². The minimum absolute atomic E-state index is 0.00207. The number of ether oxygens (including phenoxy) is 1. The second kappa shape index (κ2) is 17.0. The lowest BCUT2D eigenvalue weighted by Crippen LogP contribution is -2.43. The molecule has 3 aromatic heterocycles. The van der Waals surface area contributed by atoms with Gasteiger partial charge in [0.1, 0.15) is 17.9 Å². The van der Waals surface area contributed by atoms with Gasteiger partial charge in [-0.15, -0.1) is 0 Å². The van der Waals surface area contributed by atoms with E-state index in [2.05, 4.69) is 58.3 Å². The number of morpholine rings is 1. The van der Waals surface area contributed by atoms with Crippen LogP contribution in [0.5, 0.6) is 0 Å². The summed E-state index contributed by atoms with van der Waals surface area (Å²) in [6.45, 7) is 13.5. The van der Waals surface area contributed by atoms with Crippen LogP contribution in [0.2, 0.25) is 0 Å². The summed E-state index contributed by atoms with van der Waals surface area (Å²) >= 11 is 0. The van der Waals surface area contributed by atoms with Crippen LogP contribution in [0.1, 0.15) is 57.0 Å². The van der Waals surface area contributed by atoms with Gasteiger partial charge in [0.25, 0.3) is 0 Å². The van der Waals surface area contributed by atoms with Crippen molar-refractivity contribution in [3.8, 4) is 0 Å². The summed E-state index contributed by atoms with van der Waals surface area (Å²) in [7, 11) is 1.64.